The van der Waals surface area contributed by atoms with Crippen molar-refractivity contribution in [3.63, 3.8) is 0 Å². The number of nitrogens with zero attached hydrogens (tertiary/aromatic N) is 2. The molecule has 4 rings (SSSR count). The van der Waals surface area contributed by atoms with Gasteiger partial charge in [-0.1, -0.05) is 0 Å². The van der Waals surface area contributed by atoms with Crippen LogP contribution in [-0.4, -0.2) is 15.5 Å². The van der Waals surface area contributed by atoms with Crippen LogP contribution in [0, 0.1) is 5.82 Å². The Balaban J connectivity index is 1.50. The molecular formula is C25H19FN4O3. The Bertz CT molecular complexity index is 1360. The molecule has 2 heterocycles. The van der Waals surface area contributed by atoms with E-state index in [-0.39, 0.29) is 5.56 Å². The lowest BCUT2D eigenvalue weighted by atomic mass is 10.2. The molecule has 7 nitrogen and oxygen atoms in total. The van der Waals surface area contributed by atoms with Crippen LogP contribution in [0.2, 0.25) is 0 Å². The van der Waals surface area contributed by atoms with Gasteiger partial charge in [-0.3, -0.25) is 19.1 Å². The number of amides is 1. The molecule has 0 atom stereocenters. The second-order valence-corrected chi connectivity index (χ2v) is 6.90. The minimum Gasteiger partial charge on any atom is -0.455 e. The maximum atomic E-state index is 13.2. The van der Waals surface area contributed by atoms with Gasteiger partial charge in [0.05, 0.1) is 0 Å². The lowest BCUT2D eigenvalue weighted by Gasteiger charge is -2.10. The molecule has 8 heteroatoms. The van der Waals surface area contributed by atoms with E-state index in [1.807, 2.05) is 0 Å². The monoisotopic (exact) mass is 442 g/mol. The third-order valence-corrected chi connectivity index (χ3v) is 4.69. The summed E-state index contributed by atoms with van der Waals surface area (Å²) in [6.07, 6.45) is 6.16. The van der Waals surface area contributed by atoms with Crippen LogP contribution in [0.4, 0.5) is 10.1 Å². The number of carbonyl (C=O) groups excluding carboxylic acids is 1. The number of rotatable bonds is 6. The van der Waals surface area contributed by atoms with Crippen molar-refractivity contribution in [3.8, 4) is 17.2 Å². The average molecular weight is 442 g/mol. The van der Waals surface area contributed by atoms with Crippen molar-refractivity contribution in [2.24, 2.45) is 5.73 Å². The Morgan fingerprint density at radius 1 is 1.03 bits per heavy atom. The molecule has 2 aromatic carbocycles. The summed E-state index contributed by atoms with van der Waals surface area (Å²) >= 11 is 0. The minimum absolute atomic E-state index is 0.0456. The topological polar surface area (TPSA) is 99.2 Å². The molecule has 1 amide bonds. The number of nitrogens with one attached hydrogen (secondary N) is 1. The van der Waals surface area contributed by atoms with E-state index in [4.69, 9.17) is 10.5 Å². The zero-order valence-electron chi connectivity index (χ0n) is 17.3. The predicted molar refractivity (Wildman–Crippen MR) is 124 cm³/mol. The number of halogens is 1. The highest BCUT2D eigenvalue weighted by atomic mass is 19.1. The molecule has 0 saturated carbocycles. The van der Waals surface area contributed by atoms with Gasteiger partial charge in [0.15, 0.2) is 5.75 Å². The van der Waals surface area contributed by atoms with Gasteiger partial charge < -0.3 is 15.8 Å². The molecule has 0 unspecified atom stereocenters. The number of benzene rings is 2. The van der Waals surface area contributed by atoms with Gasteiger partial charge in [0.2, 0.25) is 0 Å². The van der Waals surface area contributed by atoms with Crippen LogP contribution in [0.25, 0.3) is 11.8 Å². The van der Waals surface area contributed by atoms with E-state index in [0.29, 0.717) is 28.6 Å². The van der Waals surface area contributed by atoms with Gasteiger partial charge in [-0.15, -0.1) is 0 Å². The van der Waals surface area contributed by atoms with Gasteiger partial charge in [-0.2, -0.15) is 0 Å². The Hall–Kier alpha value is -4.72. The molecule has 164 valence electrons. The van der Waals surface area contributed by atoms with Crippen LogP contribution in [0.1, 0.15) is 16.1 Å². The summed E-state index contributed by atoms with van der Waals surface area (Å²) in [5.41, 5.74) is 6.40. The number of aromatic nitrogens is 2. The number of ether oxygens (including phenoxy) is 1. The highest BCUT2D eigenvalue weighted by molar-refractivity contribution is 6.04. The molecule has 0 bridgehead atoms. The summed E-state index contributed by atoms with van der Waals surface area (Å²) in [6.45, 7) is 0. The van der Waals surface area contributed by atoms with E-state index in [0.717, 1.165) is 0 Å². The second-order valence-electron chi connectivity index (χ2n) is 6.90. The first-order valence-corrected chi connectivity index (χ1v) is 9.95. The van der Waals surface area contributed by atoms with Crippen LogP contribution >= 0.6 is 0 Å². The SMILES string of the molecule is NC=Cc1ncccc1Oc1ccc(NC(=O)c2cccn(-c3ccc(F)cc3)c2=O)cc1. The van der Waals surface area contributed by atoms with Gasteiger partial charge in [0.25, 0.3) is 11.5 Å². The van der Waals surface area contributed by atoms with E-state index < -0.39 is 17.3 Å². The number of anilines is 1. The summed E-state index contributed by atoms with van der Waals surface area (Å²) in [7, 11) is 0. The number of carbonyl (C=O) groups is 1. The van der Waals surface area contributed by atoms with E-state index >= 15 is 0 Å². The first-order valence-electron chi connectivity index (χ1n) is 9.95. The molecule has 2 aromatic heterocycles. The van der Waals surface area contributed by atoms with Crippen molar-refractivity contribution in [2.75, 3.05) is 5.32 Å². The lowest BCUT2D eigenvalue weighted by molar-refractivity contribution is 0.102. The molecule has 0 aliphatic heterocycles. The summed E-state index contributed by atoms with van der Waals surface area (Å²) in [5.74, 6) is 0.0872. The zero-order valence-corrected chi connectivity index (χ0v) is 17.3. The molecule has 0 radical (unpaired) electrons. The molecule has 0 saturated heterocycles. The van der Waals surface area contributed by atoms with Crippen LogP contribution in [0.3, 0.4) is 0 Å². The van der Waals surface area contributed by atoms with Crippen LogP contribution in [0.15, 0.2) is 96.2 Å². The van der Waals surface area contributed by atoms with Crippen molar-refractivity contribution in [1.82, 2.24) is 9.55 Å². The molecule has 0 aliphatic rings. The van der Waals surface area contributed by atoms with E-state index in [1.54, 1.807) is 54.7 Å². The van der Waals surface area contributed by atoms with Gasteiger partial charge >= 0.3 is 0 Å². The normalized spacial score (nSPS) is 10.8. The number of pyridine rings is 2. The predicted octanol–water partition coefficient (Wildman–Crippen LogP) is 4.35. The molecule has 4 aromatic rings. The van der Waals surface area contributed by atoms with E-state index in [2.05, 4.69) is 10.3 Å². The van der Waals surface area contributed by atoms with Gasteiger partial charge in [-0.25, -0.2) is 4.39 Å². The first kappa shape index (κ1) is 21.5. The summed E-state index contributed by atoms with van der Waals surface area (Å²) in [5, 5.41) is 2.70. The maximum absolute atomic E-state index is 13.2. The van der Waals surface area contributed by atoms with Crippen molar-refractivity contribution < 1.29 is 13.9 Å². The Morgan fingerprint density at radius 2 is 1.79 bits per heavy atom. The third kappa shape index (κ3) is 4.96. The van der Waals surface area contributed by atoms with Gasteiger partial charge in [-0.05, 0) is 85.1 Å². The Kier molecular flexibility index (Phi) is 6.26. The largest absolute Gasteiger partial charge is 0.455 e. The van der Waals surface area contributed by atoms with E-state index in [9.17, 15) is 14.0 Å². The maximum Gasteiger partial charge on any atom is 0.267 e. The molecule has 3 N–H and O–H groups in total. The third-order valence-electron chi connectivity index (χ3n) is 4.69. The van der Waals surface area contributed by atoms with Crippen LogP contribution in [-0.2, 0) is 0 Å². The van der Waals surface area contributed by atoms with Crippen LogP contribution in [0.5, 0.6) is 11.5 Å². The second kappa shape index (κ2) is 9.61. The Labute approximate surface area is 188 Å². The van der Waals surface area contributed by atoms with Crippen molar-refractivity contribution >= 4 is 17.7 Å². The molecule has 0 aliphatic carbocycles. The van der Waals surface area contributed by atoms with Gasteiger partial charge in [0, 0.05) is 23.8 Å². The summed E-state index contributed by atoms with van der Waals surface area (Å²) in [6, 6.07) is 18.6. The Morgan fingerprint density at radius 3 is 2.52 bits per heavy atom. The minimum atomic E-state index is -0.562. The number of hydrogen-bond donors (Lipinski definition) is 2. The molecule has 0 fully saturated rings. The molecule has 0 spiro atoms. The lowest BCUT2D eigenvalue weighted by Crippen LogP contribution is -2.27. The fraction of sp³-hybridized carbons (Fsp3) is 0. The van der Waals surface area contributed by atoms with Crippen molar-refractivity contribution in [2.45, 2.75) is 0 Å². The van der Waals surface area contributed by atoms with Crippen molar-refractivity contribution in [1.29, 1.82) is 0 Å². The quantitative estimate of drug-likeness (QED) is 0.463. The average Bonchev–Trinajstić information content (AvgIpc) is 2.82. The smallest absolute Gasteiger partial charge is 0.267 e. The fourth-order valence-corrected chi connectivity index (χ4v) is 3.11. The van der Waals surface area contributed by atoms with Crippen molar-refractivity contribution in [3.05, 3.63) is 119 Å². The standard InChI is InChI=1S/C25H19FN4O3/c26-17-5-9-19(10-6-17)30-16-2-3-21(25(30)32)24(31)29-18-7-11-20(12-8-18)33-23-4-1-15-28-22(23)13-14-27/h1-16H,27H2,(H,29,31). The molecular weight excluding hydrogens is 423 g/mol. The molecule has 33 heavy (non-hydrogen) atoms. The summed E-state index contributed by atoms with van der Waals surface area (Å²) in [4.78, 5) is 29.7. The zero-order chi connectivity index (χ0) is 23.2. The summed E-state index contributed by atoms with van der Waals surface area (Å²) < 4.78 is 20.3. The first-order chi connectivity index (χ1) is 16.0. The number of hydrogen-bond acceptors (Lipinski definition) is 5. The highest BCUT2D eigenvalue weighted by Crippen LogP contribution is 2.26. The van der Waals surface area contributed by atoms with Crippen LogP contribution < -0.4 is 21.3 Å². The van der Waals surface area contributed by atoms with Gasteiger partial charge in [0.1, 0.15) is 22.8 Å². The fourth-order valence-electron chi connectivity index (χ4n) is 3.11. The number of nitrogens with two attached hydrogens (primary N) is 1. The van der Waals surface area contributed by atoms with E-state index in [1.165, 1.54) is 47.3 Å². The highest BCUT2D eigenvalue weighted by Gasteiger charge is 2.13.